The topological polar surface area (TPSA) is 0 Å². The smallest absolute Gasteiger partial charge is 0.0149 e. The molecule has 4 aliphatic carbocycles. The van der Waals surface area contributed by atoms with E-state index in [9.17, 15) is 0 Å². The molecule has 0 amide bonds. The van der Waals surface area contributed by atoms with Crippen molar-refractivity contribution >= 4 is 0 Å². The Balaban J connectivity index is 0.000000659. The first-order chi connectivity index (χ1) is 12.7. The van der Waals surface area contributed by atoms with Crippen molar-refractivity contribution in [2.24, 2.45) is 45.8 Å². The third-order valence-electron chi connectivity index (χ3n) is 10.3. The van der Waals surface area contributed by atoms with Gasteiger partial charge in [0, 0.05) is 0 Å². The first-order valence-corrected chi connectivity index (χ1v) is 11.9. The number of allylic oxidation sites excluding steroid dienone is 2. The lowest BCUT2D eigenvalue weighted by molar-refractivity contribution is -0.174. The van der Waals surface area contributed by atoms with Gasteiger partial charge in [0.1, 0.15) is 0 Å². The van der Waals surface area contributed by atoms with Gasteiger partial charge >= 0.3 is 0 Å². The molecule has 0 aromatic heterocycles. The maximum absolute atomic E-state index is 4.41. The Morgan fingerprint density at radius 2 is 1.63 bits per heavy atom. The van der Waals surface area contributed by atoms with Crippen molar-refractivity contribution in [3.63, 3.8) is 0 Å². The molecule has 0 heteroatoms. The minimum atomic E-state index is 0.497. The number of rotatable bonds is 1. The zero-order chi connectivity index (χ0) is 20.0. The average molecular weight is 371 g/mol. The summed E-state index contributed by atoms with van der Waals surface area (Å²) in [5.74, 6) is 4.65. The monoisotopic (exact) mass is 370 g/mol. The van der Waals surface area contributed by atoms with Gasteiger partial charge in [0.2, 0.25) is 0 Å². The van der Waals surface area contributed by atoms with Gasteiger partial charge in [0.15, 0.2) is 0 Å². The molecule has 8 unspecified atom stereocenters. The quantitative estimate of drug-likeness (QED) is 0.406. The van der Waals surface area contributed by atoms with Crippen LogP contribution in [0.15, 0.2) is 24.8 Å². The molecule has 4 saturated carbocycles. The van der Waals surface area contributed by atoms with Crippen LogP contribution in [-0.2, 0) is 0 Å². The van der Waals surface area contributed by atoms with E-state index in [1.54, 1.807) is 6.08 Å². The van der Waals surface area contributed by atoms with Crippen molar-refractivity contribution < 1.29 is 0 Å². The van der Waals surface area contributed by atoms with Crippen molar-refractivity contribution in [2.45, 2.75) is 99.3 Å². The van der Waals surface area contributed by atoms with Gasteiger partial charge in [-0.3, -0.25) is 0 Å². The molecular weight excluding hydrogens is 324 g/mol. The maximum Gasteiger partial charge on any atom is -0.0149 e. The van der Waals surface area contributed by atoms with Gasteiger partial charge in [-0.2, -0.15) is 0 Å². The summed E-state index contributed by atoms with van der Waals surface area (Å²) in [7, 11) is 0. The van der Waals surface area contributed by atoms with Crippen molar-refractivity contribution in [2.75, 3.05) is 0 Å². The predicted molar refractivity (Wildman–Crippen MR) is 120 cm³/mol. The van der Waals surface area contributed by atoms with E-state index in [2.05, 4.69) is 47.8 Å². The molecule has 0 heterocycles. The molecule has 27 heavy (non-hydrogen) atoms. The van der Waals surface area contributed by atoms with E-state index in [4.69, 9.17) is 0 Å². The molecule has 4 rings (SSSR count). The van der Waals surface area contributed by atoms with E-state index >= 15 is 0 Å². The molecule has 0 spiro atoms. The zero-order valence-corrected chi connectivity index (χ0v) is 19.2. The van der Waals surface area contributed by atoms with E-state index in [-0.39, 0.29) is 0 Å². The number of hydrogen-bond donors (Lipinski definition) is 0. The highest BCUT2D eigenvalue weighted by Gasteiger charge is 2.66. The standard InChI is InChI=1S/C24H40.C3H6/c1-16(2)19-12-14-23(5)20-11-10-18-9-7-8-13-22(18,4)21(20)17(3)15-24(19,23)6;1-3-2/h17-21H,1,7-15H2,2-6H3;3H,1H2,2H3. The molecule has 0 saturated heterocycles. The first kappa shape index (κ1) is 21.2. The number of hydrogen-bond acceptors (Lipinski definition) is 0. The van der Waals surface area contributed by atoms with Gasteiger partial charge in [0.25, 0.3) is 0 Å². The highest BCUT2D eigenvalue weighted by Crippen LogP contribution is 2.74. The molecule has 154 valence electrons. The molecule has 0 aromatic carbocycles. The van der Waals surface area contributed by atoms with Crippen molar-refractivity contribution in [1.29, 1.82) is 0 Å². The normalized spacial score (nSPS) is 51.1. The maximum atomic E-state index is 4.41. The summed E-state index contributed by atoms with van der Waals surface area (Å²) in [6.45, 7) is 22.7. The van der Waals surface area contributed by atoms with E-state index in [0.717, 1.165) is 29.6 Å². The lowest BCUT2D eigenvalue weighted by Crippen LogP contribution is -2.59. The fraction of sp³-hybridized carbons (Fsp3) is 0.852. The average Bonchev–Trinajstić information content (AvgIpc) is 2.86. The minimum absolute atomic E-state index is 0.497. The Labute approximate surface area is 170 Å². The summed E-state index contributed by atoms with van der Waals surface area (Å²) >= 11 is 0. The van der Waals surface area contributed by atoms with Crippen LogP contribution in [0.25, 0.3) is 0 Å². The van der Waals surface area contributed by atoms with Gasteiger partial charge in [0.05, 0.1) is 0 Å². The molecular formula is C27H46. The van der Waals surface area contributed by atoms with Crippen molar-refractivity contribution in [1.82, 2.24) is 0 Å². The minimum Gasteiger partial charge on any atom is -0.103 e. The third-order valence-corrected chi connectivity index (χ3v) is 10.3. The van der Waals surface area contributed by atoms with Gasteiger partial charge < -0.3 is 0 Å². The summed E-state index contributed by atoms with van der Waals surface area (Å²) in [6.07, 6.45) is 15.1. The van der Waals surface area contributed by atoms with Crippen LogP contribution < -0.4 is 0 Å². The fourth-order valence-corrected chi connectivity index (χ4v) is 9.14. The molecule has 8 atom stereocenters. The van der Waals surface area contributed by atoms with Crippen LogP contribution in [0.4, 0.5) is 0 Å². The molecule has 0 bridgehead atoms. The molecule has 0 radical (unpaired) electrons. The van der Waals surface area contributed by atoms with Gasteiger partial charge in [-0.1, -0.05) is 58.8 Å². The van der Waals surface area contributed by atoms with Crippen molar-refractivity contribution in [3.05, 3.63) is 24.8 Å². The van der Waals surface area contributed by atoms with E-state index in [1.807, 2.05) is 6.92 Å². The third kappa shape index (κ3) is 3.00. The van der Waals surface area contributed by atoms with E-state index in [1.165, 1.54) is 63.4 Å². The van der Waals surface area contributed by atoms with Crippen LogP contribution in [-0.4, -0.2) is 0 Å². The lowest BCUT2D eigenvalue weighted by Gasteiger charge is -2.66. The predicted octanol–water partition coefficient (Wildman–Crippen LogP) is 8.44. The van der Waals surface area contributed by atoms with Gasteiger partial charge in [-0.25, -0.2) is 0 Å². The molecule has 4 fully saturated rings. The second-order valence-corrected chi connectivity index (χ2v) is 11.5. The Hall–Kier alpha value is -0.520. The molecule has 0 nitrogen and oxygen atoms in total. The van der Waals surface area contributed by atoms with E-state index in [0.29, 0.717) is 16.2 Å². The molecule has 0 aliphatic heterocycles. The van der Waals surface area contributed by atoms with Crippen LogP contribution in [0, 0.1) is 45.8 Å². The Kier molecular flexibility index (Phi) is 5.80. The van der Waals surface area contributed by atoms with Crippen LogP contribution in [0.5, 0.6) is 0 Å². The van der Waals surface area contributed by atoms with Crippen molar-refractivity contribution in [3.8, 4) is 0 Å². The Morgan fingerprint density at radius 3 is 2.26 bits per heavy atom. The number of fused-ring (bicyclic) bond motifs is 5. The highest BCUT2D eigenvalue weighted by atomic mass is 14.7. The van der Waals surface area contributed by atoms with E-state index < -0.39 is 0 Å². The second-order valence-electron chi connectivity index (χ2n) is 11.5. The summed E-state index contributed by atoms with van der Waals surface area (Å²) in [5, 5.41) is 0. The summed E-state index contributed by atoms with van der Waals surface area (Å²) in [5.41, 5.74) is 3.16. The summed E-state index contributed by atoms with van der Waals surface area (Å²) in [4.78, 5) is 0. The fourth-order valence-electron chi connectivity index (χ4n) is 9.14. The second kappa shape index (κ2) is 7.38. The zero-order valence-electron chi connectivity index (χ0n) is 19.2. The first-order valence-electron chi connectivity index (χ1n) is 11.9. The lowest BCUT2D eigenvalue weighted by atomic mass is 9.38. The van der Waals surface area contributed by atoms with Crippen LogP contribution in [0.1, 0.15) is 99.3 Å². The summed E-state index contributed by atoms with van der Waals surface area (Å²) < 4.78 is 0. The summed E-state index contributed by atoms with van der Waals surface area (Å²) in [6, 6.07) is 0. The molecule has 4 aliphatic rings. The van der Waals surface area contributed by atoms with Crippen LogP contribution in [0.3, 0.4) is 0 Å². The van der Waals surface area contributed by atoms with Gasteiger partial charge in [-0.05, 0) is 105 Å². The largest absolute Gasteiger partial charge is 0.103 e. The van der Waals surface area contributed by atoms with Crippen LogP contribution >= 0.6 is 0 Å². The molecule has 0 aromatic rings. The molecule has 0 N–H and O–H groups in total. The van der Waals surface area contributed by atoms with Crippen LogP contribution in [0.2, 0.25) is 0 Å². The Morgan fingerprint density at radius 1 is 0.963 bits per heavy atom. The highest BCUT2D eigenvalue weighted by molar-refractivity contribution is 5.20. The van der Waals surface area contributed by atoms with Gasteiger partial charge in [-0.15, -0.1) is 6.58 Å². The Bertz CT molecular complexity index is 573. The SMILES string of the molecule is C=C(C)C1CCC2(C)C3CCC4CCCCC4(C)C3C(C)CC12C.C=CC.